The lowest BCUT2D eigenvalue weighted by molar-refractivity contribution is 0.0307. The second kappa shape index (κ2) is 11.1. The Kier molecular flexibility index (Phi) is 7.96. The van der Waals surface area contributed by atoms with E-state index in [0.717, 1.165) is 30.9 Å². The molecule has 5 rings (SSSR count). The Bertz CT molecular complexity index is 1500. The zero-order valence-corrected chi connectivity index (χ0v) is 23.6. The van der Waals surface area contributed by atoms with Crippen molar-refractivity contribution >= 4 is 17.8 Å². The monoisotopic (exact) mass is 533 g/mol. The van der Waals surface area contributed by atoms with E-state index in [-0.39, 0.29) is 23.2 Å². The molecule has 0 bridgehead atoms. The van der Waals surface area contributed by atoms with Gasteiger partial charge in [0.2, 0.25) is 0 Å². The fourth-order valence-electron chi connectivity index (χ4n) is 4.50. The van der Waals surface area contributed by atoms with Gasteiger partial charge in [-0.05, 0) is 64.4 Å². The van der Waals surface area contributed by atoms with Gasteiger partial charge in [0.25, 0.3) is 5.91 Å². The number of likely N-dealkylation sites (N-methyl/N-ethyl adjacent to an activating group) is 1. The van der Waals surface area contributed by atoms with Gasteiger partial charge in [-0.3, -0.25) is 19.6 Å². The summed E-state index contributed by atoms with van der Waals surface area (Å²) in [4.78, 5) is 31.6. The summed E-state index contributed by atoms with van der Waals surface area (Å²) in [6, 6.07) is 8.76. The summed E-state index contributed by atoms with van der Waals surface area (Å²) in [5.41, 5.74) is 5.39. The molecule has 1 aromatic carbocycles. The smallest absolute Gasteiger partial charge is 0.274 e. The molecule has 4 heterocycles. The van der Waals surface area contributed by atoms with E-state index in [0.29, 0.717) is 40.1 Å². The number of carbonyl (C=O) groups excluding carboxylic acids is 2. The van der Waals surface area contributed by atoms with Gasteiger partial charge in [-0.15, -0.1) is 0 Å². The van der Waals surface area contributed by atoms with Gasteiger partial charge in [0.05, 0.1) is 11.9 Å². The van der Waals surface area contributed by atoms with E-state index < -0.39 is 0 Å². The number of imidazole rings is 1. The van der Waals surface area contributed by atoms with E-state index in [4.69, 9.17) is 0 Å². The average molecular weight is 534 g/mol. The summed E-state index contributed by atoms with van der Waals surface area (Å²) in [5.74, 6) is -0.0262. The third kappa shape index (κ3) is 6.06. The van der Waals surface area contributed by atoms with Gasteiger partial charge < -0.3 is 4.90 Å². The summed E-state index contributed by atoms with van der Waals surface area (Å²) in [6.07, 6.45) is 2.28. The molecular weight excluding hydrogens is 497 g/mol. The van der Waals surface area contributed by atoms with Crippen LogP contribution in [0.4, 0.5) is 4.39 Å². The number of fused-ring (bicyclic) bond motifs is 1. The number of piperazine rings is 1. The highest BCUT2D eigenvalue weighted by molar-refractivity contribution is 5.92. The number of carbonyl (C=O) groups is 2. The molecule has 10 heteroatoms. The maximum absolute atomic E-state index is 13.8. The van der Waals surface area contributed by atoms with Crippen molar-refractivity contribution in [2.45, 2.75) is 53.0 Å². The van der Waals surface area contributed by atoms with Crippen molar-refractivity contribution in [3.8, 4) is 11.3 Å². The number of hydrogen-bond acceptors (Lipinski definition) is 6. The minimum absolute atomic E-state index is 0.0236. The summed E-state index contributed by atoms with van der Waals surface area (Å²) in [5, 5.41) is 11.3. The number of aromatic nitrogens is 5. The molecule has 1 aliphatic heterocycles. The predicted molar refractivity (Wildman–Crippen MR) is 149 cm³/mol. The third-order valence-corrected chi connectivity index (χ3v) is 7.21. The molecule has 1 amide bonds. The molecule has 9 nitrogen and oxygen atoms in total. The zero-order valence-electron chi connectivity index (χ0n) is 23.6. The van der Waals surface area contributed by atoms with Crippen molar-refractivity contribution in [2.75, 3.05) is 26.7 Å². The van der Waals surface area contributed by atoms with Crippen LogP contribution < -0.4 is 0 Å². The summed E-state index contributed by atoms with van der Waals surface area (Å²) >= 11 is 0. The van der Waals surface area contributed by atoms with Crippen LogP contribution in [0.2, 0.25) is 0 Å². The molecule has 0 radical (unpaired) electrons. The SMILES string of the molecule is Cc1cc(C(=O)N2CCN(C)C(C)(C)C2)n[nH]1.Cc1ccc(-c2cc(C(C)C)c3nc(C=O)cn3n2)cc1F. The lowest BCUT2D eigenvalue weighted by Gasteiger charge is -2.45. The second-order valence-electron chi connectivity index (χ2n) is 11.1. The number of aryl methyl sites for hydroxylation is 2. The molecule has 39 heavy (non-hydrogen) atoms. The maximum atomic E-state index is 13.8. The molecule has 4 aromatic rings. The van der Waals surface area contributed by atoms with Crippen LogP contribution in [-0.2, 0) is 0 Å². The lowest BCUT2D eigenvalue weighted by atomic mass is 9.99. The van der Waals surface area contributed by atoms with Crippen LogP contribution in [0.3, 0.4) is 0 Å². The summed E-state index contributed by atoms with van der Waals surface area (Å²) in [7, 11) is 2.10. The first-order valence-electron chi connectivity index (χ1n) is 13.0. The van der Waals surface area contributed by atoms with Crippen LogP contribution in [0, 0.1) is 19.7 Å². The number of nitrogens with zero attached hydrogens (tertiary/aromatic N) is 6. The van der Waals surface area contributed by atoms with Crippen molar-refractivity contribution < 1.29 is 14.0 Å². The van der Waals surface area contributed by atoms with Gasteiger partial charge in [-0.2, -0.15) is 10.2 Å². The Morgan fingerprint density at radius 2 is 1.90 bits per heavy atom. The number of amides is 1. The highest BCUT2D eigenvalue weighted by atomic mass is 19.1. The molecule has 1 aliphatic rings. The molecule has 0 unspecified atom stereocenters. The average Bonchev–Trinajstić information content (AvgIpc) is 3.52. The zero-order chi connectivity index (χ0) is 28.5. The Balaban J connectivity index is 0.000000187. The quantitative estimate of drug-likeness (QED) is 0.383. The summed E-state index contributed by atoms with van der Waals surface area (Å²) < 4.78 is 15.4. The number of aldehydes is 1. The predicted octanol–water partition coefficient (Wildman–Crippen LogP) is 4.66. The van der Waals surface area contributed by atoms with Crippen molar-refractivity contribution in [1.82, 2.24) is 34.6 Å². The Hall–Kier alpha value is -3.92. The van der Waals surface area contributed by atoms with Crippen molar-refractivity contribution in [1.29, 1.82) is 0 Å². The van der Waals surface area contributed by atoms with Crippen LogP contribution in [0.15, 0.2) is 36.5 Å². The largest absolute Gasteiger partial charge is 0.334 e. The molecule has 3 aromatic heterocycles. The Morgan fingerprint density at radius 1 is 1.15 bits per heavy atom. The normalized spacial score (nSPS) is 15.4. The van der Waals surface area contributed by atoms with Crippen LogP contribution in [0.25, 0.3) is 16.9 Å². The number of H-pyrrole nitrogens is 1. The second-order valence-corrected chi connectivity index (χ2v) is 11.1. The molecule has 0 saturated carbocycles. The number of aromatic amines is 1. The number of halogens is 1. The van der Waals surface area contributed by atoms with E-state index in [1.807, 2.05) is 37.8 Å². The number of benzene rings is 1. The molecule has 1 saturated heterocycles. The van der Waals surface area contributed by atoms with Gasteiger partial charge >= 0.3 is 0 Å². The van der Waals surface area contributed by atoms with Gasteiger partial charge in [0.1, 0.15) is 17.2 Å². The first kappa shape index (κ1) is 28.1. The molecule has 0 atom stereocenters. The standard InChI is InChI=1S/C17H16FN3O.C12H20N4O/c1-10(2)14-7-16(12-5-4-11(3)15(18)6-12)20-21-8-13(9-22)19-17(14)21;1-9-7-10(14-13-9)11(17)16-6-5-15(4)12(2,3)8-16/h4-10H,1-3H3;7H,5-6,8H2,1-4H3,(H,13,14). The van der Waals surface area contributed by atoms with Gasteiger partial charge in [-0.25, -0.2) is 13.9 Å². The van der Waals surface area contributed by atoms with E-state index in [1.54, 1.807) is 29.8 Å². The molecule has 1 N–H and O–H groups in total. The molecule has 0 aliphatic carbocycles. The first-order chi connectivity index (χ1) is 18.4. The van der Waals surface area contributed by atoms with E-state index >= 15 is 0 Å². The van der Waals surface area contributed by atoms with Crippen LogP contribution >= 0.6 is 0 Å². The van der Waals surface area contributed by atoms with Crippen molar-refractivity contribution in [3.05, 3.63) is 70.6 Å². The van der Waals surface area contributed by atoms with Crippen LogP contribution in [0.5, 0.6) is 0 Å². The van der Waals surface area contributed by atoms with Gasteiger partial charge in [-0.1, -0.05) is 26.0 Å². The van der Waals surface area contributed by atoms with E-state index in [2.05, 4.69) is 46.1 Å². The van der Waals surface area contributed by atoms with Crippen LogP contribution in [-0.4, -0.2) is 79.0 Å². The minimum Gasteiger partial charge on any atom is -0.334 e. The van der Waals surface area contributed by atoms with Crippen molar-refractivity contribution in [3.63, 3.8) is 0 Å². The minimum atomic E-state index is -0.260. The van der Waals surface area contributed by atoms with Gasteiger partial charge in [0, 0.05) is 42.0 Å². The number of rotatable bonds is 4. The van der Waals surface area contributed by atoms with E-state index in [1.165, 1.54) is 6.07 Å². The lowest BCUT2D eigenvalue weighted by Crippen LogP contribution is -2.58. The topological polar surface area (TPSA) is 99.5 Å². The molecule has 206 valence electrons. The maximum Gasteiger partial charge on any atom is 0.274 e. The molecular formula is C29H36FN7O2. The highest BCUT2D eigenvalue weighted by Crippen LogP contribution is 2.26. The fourth-order valence-corrected chi connectivity index (χ4v) is 4.50. The number of hydrogen-bond donors (Lipinski definition) is 1. The molecule has 1 fully saturated rings. The van der Waals surface area contributed by atoms with E-state index in [9.17, 15) is 14.0 Å². The fraction of sp³-hybridized carbons (Fsp3) is 0.414. The third-order valence-electron chi connectivity index (χ3n) is 7.21. The Morgan fingerprint density at radius 3 is 2.49 bits per heavy atom. The van der Waals surface area contributed by atoms with Gasteiger partial charge in [0.15, 0.2) is 11.9 Å². The Labute approximate surface area is 228 Å². The highest BCUT2D eigenvalue weighted by Gasteiger charge is 2.34. The molecule has 0 spiro atoms. The van der Waals surface area contributed by atoms with Crippen molar-refractivity contribution in [2.24, 2.45) is 0 Å². The summed E-state index contributed by atoms with van der Waals surface area (Å²) in [6.45, 7) is 14.4. The first-order valence-corrected chi connectivity index (χ1v) is 13.0. The van der Waals surface area contributed by atoms with Crippen LogP contribution in [0.1, 0.15) is 71.4 Å². The number of nitrogens with one attached hydrogen (secondary N) is 1.